The van der Waals surface area contributed by atoms with Crippen molar-refractivity contribution in [3.05, 3.63) is 124 Å². The number of aryl methyl sites for hydroxylation is 1. The fourth-order valence-electron chi connectivity index (χ4n) is 4.51. The summed E-state index contributed by atoms with van der Waals surface area (Å²) in [6.07, 6.45) is 5.24. The van der Waals surface area contributed by atoms with Crippen LogP contribution in [-0.4, -0.2) is 31.3 Å². The molecule has 0 amide bonds. The number of halogens is 1. The maximum Gasteiger partial charge on any atom is 0.251 e. The van der Waals surface area contributed by atoms with Crippen molar-refractivity contribution < 1.29 is 10.6 Å². The van der Waals surface area contributed by atoms with Gasteiger partial charge in [-0.05, 0) is 46.5 Å². The van der Waals surface area contributed by atoms with Crippen molar-refractivity contribution in [2.24, 2.45) is 7.05 Å². The van der Waals surface area contributed by atoms with E-state index < -0.39 is 5.54 Å². The molecular weight excluding hydrogens is 450 g/mol. The largest absolute Gasteiger partial charge is 0.412 e. The zero-order valence-corrected chi connectivity index (χ0v) is 19.3. The van der Waals surface area contributed by atoms with E-state index in [0.29, 0.717) is 5.02 Å². The fraction of sp³-hybridized carbons (Fsp3) is 0.111. The summed E-state index contributed by atoms with van der Waals surface area (Å²) >= 11 is 6.16. The molecule has 34 heavy (non-hydrogen) atoms. The molecule has 0 fully saturated rings. The van der Waals surface area contributed by atoms with Crippen molar-refractivity contribution in [3.63, 3.8) is 0 Å². The van der Waals surface area contributed by atoms with E-state index >= 15 is 0 Å². The van der Waals surface area contributed by atoms with Gasteiger partial charge in [0.25, 0.3) is 5.56 Å². The topological polar surface area (TPSA) is 91.6 Å². The van der Waals surface area contributed by atoms with Crippen LogP contribution in [0.3, 0.4) is 0 Å². The lowest BCUT2D eigenvalue weighted by molar-refractivity contribution is 0.197. The van der Waals surface area contributed by atoms with Crippen LogP contribution in [0.5, 0.6) is 0 Å². The third-order valence-electron chi connectivity index (χ3n) is 6.30. The molecule has 1 atom stereocenters. The lowest BCUT2D eigenvalue weighted by atomic mass is 9.82. The Bertz CT molecular complexity index is 1480. The first kappa shape index (κ1) is 23.4. The number of fused-ring (bicyclic) bond motifs is 1. The van der Waals surface area contributed by atoms with Crippen molar-refractivity contribution in [1.29, 1.82) is 0 Å². The summed E-state index contributed by atoms with van der Waals surface area (Å²) < 4.78 is 3.55. The summed E-state index contributed by atoms with van der Waals surface area (Å²) in [6.45, 7) is -0.192. The number of hydrogen-bond donors (Lipinski definition) is 1. The molecule has 0 saturated carbocycles. The number of imidazole rings is 1. The van der Waals surface area contributed by atoms with Gasteiger partial charge in [-0.2, -0.15) is 0 Å². The second-order valence-corrected chi connectivity index (χ2v) is 8.48. The van der Waals surface area contributed by atoms with Crippen LogP contribution in [0.2, 0.25) is 5.02 Å². The van der Waals surface area contributed by atoms with Crippen molar-refractivity contribution in [1.82, 2.24) is 14.1 Å². The zero-order chi connectivity index (χ0) is 23.0. The van der Waals surface area contributed by atoms with Gasteiger partial charge in [-0.25, -0.2) is 4.98 Å². The van der Waals surface area contributed by atoms with E-state index in [2.05, 4.69) is 11.1 Å². The van der Waals surface area contributed by atoms with Crippen LogP contribution in [0.1, 0.15) is 11.1 Å². The second kappa shape index (κ2) is 9.27. The lowest BCUT2D eigenvalue weighted by Gasteiger charge is -2.35. The van der Waals surface area contributed by atoms with Crippen LogP contribution in [0.15, 0.2) is 102 Å². The number of pyridine rings is 1. The molecule has 0 bridgehead atoms. The normalized spacial score (nSPS) is 12.8. The van der Waals surface area contributed by atoms with Crippen LogP contribution in [0.25, 0.3) is 22.0 Å². The van der Waals surface area contributed by atoms with E-state index in [-0.39, 0.29) is 17.6 Å². The molecule has 0 spiro atoms. The summed E-state index contributed by atoms with van der Waals surface area (Å²) in [6, 6.07) is 25.0. The van der Waals surface area contributed by atoms with E-state index in [1.165, 1.54) is 0 Å². The number of nitrogens with zero attached hydrogens (tertiary/aromatic N) is 3. The first-order valence-corrected chi connectivity index (χ1v) is 11.0. The first-order valence-electron chi connectivity index (χ1n) is 10.6. The minimum absolute atomic E-state index is 0. The minimum atomic E-state index is -0.919. The molecule has 0 aliphatic heterocycles. The number of aromatic nitrogens is 3. The molecule has 6 nitrogen and oxygen atoms in total. The Morgan fingerprint density at radius 2 is 1.68 bits per heavy atom. The van der Waals surface area contributed by atoms with Gasteiger partial charge in [0.2, 0.25) is 0 Å². The second-order valence-electron chi connectivity index (χ2n) is 8.05. The van der Waals surface area contributed by atoms with Gasteiger partial charge in [0.1, 0.15) is 5.54 Å². The predicted octanol–water partition coefficient (Wildman–Crippen LogP) is 4.01. The van der Waals surface area contributed by atoms with Crippen LogP contribution in [-0.2, 0) is 12.6 Å². The maximum absolute atomic E-state index is 12.7. The van der Waals surface area contributed by atoms with Gasteiger partial charge in [0.05, 0.1) is 18.5 Å². The maximum atomic E-state index is 12.7. The van der Waals surface area contributed by atoms with Gasteiger partial charge < -0.3 is 19.7 Å². The SMILES string of the molecule is Cn1c(=O)cc(-c2ccccc2)c2cc(C(CO)(c3ccc(Cl)cc3)n3ccnc3)ccc21.O. The summed E-state index contributed by atoms with van der Waals surface area (Å²) in [4.78, 5) is 16.9. The van der Waals surface area contributed by atoms with E-state index in [1.807, 2.05) is 77.5 Å². The smallest absolute Gasteiger partial charge is 0.251 e. The van der Waals surface area contributed by atoms with Crippen LogP contribution in [0.4, 0.5) is 0 Å². The molecule has 1 unspecified atom stereocenters. The average Bonchev–Trinajstić information content (AvgIpc) is 3.39. The van der Waals surface area contributed by atoms with E-state index in [0.717, 1.165) is 33.2 Å². The van der Waals surface area contributed by atoms with Crippen LogP contribution < -0.4 is 5.56 Å². The van der Waals surface area contributed by atoms with Gasteiger partial charge in [0.15, 0.2) is 0 Å². The molecule has 172 valence electrons. The van der Waals surface area contributed by atoms with Gasteiger partial charge in [-0.15, -0.1) is 0 Å². The van der Waals surface area contributed by atoms with Crippen molar-refractivity contribution in [2.75, 3.05) is 6.61 Å². The number of rotatable bonds is 5. The summed E-state index contributed by atoms with van der Waals surface area (Å²) in [5, 5.41) is 12.4. The predicted molar refractivity (Wildman–Crippen MR) is 135 cm³/mol. The molecule has 3 aromatic carbocycles. The van der Waals surface area contributed by atoms with E-state index in [1.54, 1.807) is 30.2 Å². The Labute approximate surface area is 201 Å². The number of aliphatic hydroxyl groups excluding tert-OH is 1. The van der Waals surface area contributed by atoms with Crippen LogP contribution >= 0.6 is 11.6 Å². The highest BCUT2D eigenvalue weighted by atomic mass is 35.5. The third-order valence-corrected chi connectivity index (χ3v) is 6.56. The quantitative estimate of drug-likeness (QED) is 0.418. The Morgan fingerprint density at radius 1 is 0.971 bits per heavy atom. The Kier molecular flexibility index (Phi) is 6.39. The van der Waals surface area contributed by atoms with Crippen LogP contribution in [0, 0.1) is 0 Å². The molecule has 0 saturated heterocycles. The molecule has 5 aromatic rings. The molecule has 2 aromatic heterocycles. The Morgan fingerprint density at radius 3 is 2.32 bits per heavy atom. The monoisotopic (exact) mass is 473 g/mol. The van der Waals surface area contributed by atoms with Crippen molar-refractivity contribution in [3.8, 4) is 11.1 Å². The molecule has 0 radical (unpaired) electrons. The van der Waals surface area contributed by atoms with Gasteiger partial charge in [-0.3, -0.25) is 4.79 Å². The fourth-order valence-corrected chi connectivity index (χ4v) is 4.64. The number of hydrogen-bond acceptors (Lipinski definition) is 3. The minimum Gasteiger partial charge on any atom is -0.412 e. The molecule has 2 heterocycles. The zero-order valence-electron chi connectivity index (χ0n) is 18.5. The highest BCUT2D eigenvalue weighted by Crippen LogP contribution is 2.37. The highest BCUT2D eigenvalue weighted by Gasteiger charge is 2.36. The molecule has 0 aliphatic rings. The number of aliphatic hydroxyl groups is 1. The molecular formula is C27H24ClN3O3. The lowest BCUT2D eigenvalue weighted by Crippen LogP contribution is -2.39. The summed E-state index contributed by atoms with van der Waals surface area (Å²) in [5.74, 6) is 0. The third kappa shape index (κ3) is 3.72. The van der Waals surface area contributed by atoms with Crippen molar-refractivity contribution >= 4 is 22.5 Å². The van der Waals surface area contributed by atoms with E-state index in [9.17, 15) is 9.90 Å². The molecule has 3 N–H and O–H groups in total. The number of benzene rings is 3. The standard InChI is InChI=1S/C27H22ClN3O2.H2O/c1-30-25-12-9-21(15-24(25)23(16-26(30)33)19-5-3-2-4-6-19)27(17-32,31-14-13-29-18-31)20-7-10-22(28)11-8-20;/h2-16,18,32H,17H2,1H3;1H2. The first-order chi connectivity index (χ1) is 16.0. The van der Waals surface area contributed by atoms with Gasteiger partial charge in [-0.1, -0.05) is 60.1 Å². The summed E-state index contributed by atoms with van der Waals surface area (Å²) in [7, 11) is 1.77. The summed E-state index contributed by atoms with van der Waals surface area (Å²) in [5.41, 5.74) is 3.38. The Hall–Kier alpha value is -3.71. The van der Waals surface area contributed by atoms with Gasteiger partial charge in [0, 0.05) is 35.9 Å². The molecule has 7 heteroatoms. The highest BCUT2D eigenvalue weighted by molar-refractivity contribution is 6.30. The van der Waals surface area contributed by atoms with Gasteiger partial charge >= 0.3 is 0 Å². The van der Waals surface area contributed by atoms with Crippen molar-refractivity contribution in [2.45, 2.75) is 5.54 Å². The molecule has 0 aliphatic carbocycles. The van der Waals surface area contributed by atoms with E-state index in [4.69, 9.17) is 11.6 Å². The Balaban J connectivity index is 0.00000274. The average molecular weight is 474 g/mol. The molecule has 5 rings (SSSR count).